The van der Waals surface area contributed by atoms with Gasteiger partial charge in [-0.1, -0.05) is 35.3 Å². The van der Waals surface area contributed by atoms with Gasteiger partial charge in [-0.3, -0.25) is 9.69 Å². The number of fused-ring (bicyclic) bond motifs is 2. The average Bonchev–Trinajstić information content (AvgIpc) is 2.52. The number of rotatable bonds is 0. The van der Waals surface area contributed by atoms with Gasteiger partial charge >= 0.3 is 0 Å². The summed E-state index contributed by atoms with van der Waals surface area (Å²) in [5, 5.41) is 1.19. The van der Waals surface area contributed by atoms with Crippen LogP contribution in [0.25, 0.3) is 11.6 Å². The fraction of sp³-hybridized carbons (Fsp3) is 0.118. The van der Waals surface area contributed by atoms with Crippen LogP contribution in [-0.2, 0) is 4.79 Å². The molecule has 0 aromatic heterocycles. The first-order valence-corrected chi connectivity index (χ1v) is 7.31. The van der Waals surface area contributed by atoms with Gasteiger partial charge in [0.25, 0.3) is 0 Å². The van der Waals surface area contributed by atoms with E-state index >= 15 is 0 Å². The Morgan fingerprint density at radius 1 is 1.00 bits per heavy atom. The predicted octanol–water partition coefficient (Wildman–Crippen LogP) is 5.55. The van der Waals surface area contributed by atoms with E-state index in [2.05, 4.69) is 6.08 Å². The molecule has 0 radical (unpaired) electrons. The van der Waals surface area contributed by atoms with E-state index in [9.17, 15) is 4.79 Å². The minimum Gasteiger partial charge on any atom is -0.280 e. The lowest BCUT2D eigenvalue weighted by molar-refractivity contribution is -0.115. The van der Waals surface area contributed by atoms with Crippen molar-refractivity contribution in [2.45, 2.75) is 13.8 Å². The molecule has 0 saturated carbocycles. The molecule has 0 N–H and O–H groups in total. The van der Waals surface area contributed by atoms with Crippen molar-refractivity contribution >= 4 is 52.1 Å². The average molecular weight is 318 g/mol. The highest BCUT2D eigenvalue weighted by molar-refractivity contribution is 6.32. The van der Waals surface area contributed by atoms with Crippen LogP contribution in [0.15, 0.2) is 36.4 Å². The Hall–Kier alpha value is -1.77. The first-order chi connectivity index (χ1) is 9.97. The minimum atomic E-state index is -0.0786. The summed E-state index contributed by atoms with van der Waals surface area (Å²) < 4.78 is 0. The third kappa shape index (κ3) is 2.45. The van der Waals surface area contributed by atoms with Crippen molar-refractivity contribution in [3.05, 3.63) is 57.6 Å². The first kappa shape index (κ1) is 14.2. The quantitative estimate of drug-likeness (QED) is 0.623. The molecule has 1 aliphatic heterocycles. The molecule has 1 amide bonds. The SMILES string of the molecule is CC(=O)N1c2cc(Cl)ccc2C=C(C)c2ccc(Cl)cc21. The monoisotopic (exact) mass is 317 g/mol. The molecular weight excluding hydrogens is 305 g/mol. The molecule has 4 heteroatoms. The number of nitrogens with zero attached hydrogens (tertiary/aromatic N) is 1. The van der Waals surface area contributed by atoms with E-state index in [0.717, 1.165) is 28.1 Å². The molecule has 21 heavy (non-hydrogen) atoms. The summed E-state index contributed by atoms with van der Waals surface area (Å²) in [5.74, 6) is -0.0786. The molecule has 0 spiro atoms. The molecule has 2 aromatic carbocycles. The van der Waals surface area contributed by atoms with Gasteiger partial charge in [0.2, 0.25) is 5.91 Å². The molecule has 2 nitrogen and oxygen atoms in total. The Labute approximate surface area is 133 Å². The zero-order valence-corrected chi connectivity index (χ0v) is 13.2. The van der Waals surface area contributed by atoms with Crippen molar-refractivity contribution in [2.75, 3.05) is 4.90 Å². The molecule has 3 rings (SSSR count). The summed E-state index contributed by atoms with van der Waals surface area (Å²) in [7, 11) is 0. The van der Waals surface area contributed by atoms with Crippen molar-refractivity contribution in [2.24, 2.45) is 0 Å². The van der Waals surface area contributed by atoms with Gasteiger partial charge in [-0.25, -0.2) is 0 Å². The number of anilines is 2. The number of hydrogen-bond donors (Lipinski definition) is 0. The predicted molar refractivity (Wildman–Crippen MR) is 89.3 cm³/mol. The lowest BCUT2D eigenvalue weighted by Gasteiger charge is -2.24. The number of carbonyl (C=O) groups is 1. The lowest BCUT2D eigenvalue weighted by atomic mass is 10.0. The van der Waals surface area contributed by atoms with Crippen LogP contribution in [0.5, 0.6) is 0 Å². The van der Waals surface area contributed by atoms with Crippen LogP contribution in [0.3, 0.4) is 0 Å². The van der Waals surface area contributed by atoms with Crippen LogP contribution >= 0.6 is 23.2 Å². The van der Waals surface area contributed by atoms with Gasteiger partial charge in [0.1, 0.15) is 0 Å². The third-order valence-electron chi connectivity index (χ3n) is 3.55. The van der Waals surface area contributed by atoms with Gasteiger partial charge in [0.05, 0.1) is 11.4 Å². The maximum absolute atomic E-state index is 12.2. The van der Waals surface area contributed by atoms with E-state index in [1.54, 1.807) is 11.0 Å². The fourth-order valence-corrected chi connectivity index (χ4v) is 2.97. The number of amides is 1. The Morgan fingerprint density at radius 3 is 2.29 bits per heavy atom. The van der Waals surface area contributed by atoms with Gasteiger partial charge < -0.3 is 0 Å². The van der Waals surface area contributed by atoms with Crippen LogP contribution in [0.4, 0.5) is 11.4 Å². The van der Waals surface area contributed by atoms with Crippen molar-refractivity contribution in [1.82, 2.24) is 0 Å². The molecule has 0 bridgehead atoms. The maximum atomic E-state index is 12.2. The Morgan fingerprint density at radius 2 is 1.62 bits per heavy atom. The molecule has 0 unspecified atom stereocenters. The summed E-state index contributed by atoms with van der Waals surface area (Å²) in [5.41, 5.74) is 4.58. The first-order valence-electron chi connectivity index (χ1n) is 6.56. The Bertz CT molecular complexity index is 780. The van der Waals surface area contributed by atoms with Gasteiger partial charge in [-0.2, -0.15) is 0 Å². The number of halogens is 2. The highest BCUT2D eigenvalue weighted by atomic mass is 35.5. The van der Waals surface area contributed by atoms with E-state index in [-0.39, 0.29) is 5.91 Å². The summed E-state index contributed by atoms with van der Waals surface area (Å²) >= 11 is 12.2. The van der Waals surface area contributed by atoms with Crippen LogP contribution in [0.1, 0.15) is 25.0 Å². The van der Waals surface area contributed by atoms with E-state index in [0.29, 0.717) is 10.0 Å². The minimum absolute atomic E-state index is 0.0786. The summed E-state index contributed by atoms with van der Waals surface area (Å²) in [6.45, 7) is 3.56. The molecule has 0 fully saturated rings. The number of carbonyl (C=O) groups excluding carboxylic acids is 1. The molecular formula is C17H13Cl2NO. The summed E-state index contributed by atoms with van der Waals surface area (Å²) in [6.07, 6.45) is 2.06. The molecule has 0 atom stereocenters. The van der Waals surface area contributed by atoms with E-state index in [1.165, 1.54) is 6.92 Å². The van der Waals surface area contributed by atoms with Crippen LogP contribution in [-0.4, -0.2) is 5.91 Å². The second-order valence-electron chi connectivity index (χ2n) is 5.05. The largest absolute Gasteiger partial charge is 0.280 e. The Balaban J connectivity index is 2.38. The summed E-state index contributed by atoms with van der Waals surface area (Å²) in [6, 6.07) is 11.1. The van der Waals surface area contributed by atoms with Crippen molar-refractivity contribution in [3.63, 3.8) is 0 Å². The van der Waals surface area contributed by atoms with E-state index < -0.39 is 0 Å². The number of benzene rings is 2. The maximum Gasteiger partial charge on any atom is 0.228 e. The normalized spacial score (nSPS) is 13.1. The third-order valence-corrected chi connectivity index (χ3v) is 4.02. The summed E-state index contributed by atoms with van der Waals surface area (Å²) in [4.78, 5) is 13.9. The highest BCUT2D eigenvalue weighted by Gasteiger charge is 2.23. The zero-order chi connectivity index (χ0) is 15.1. The standard InChI is InChI=1S/C17H13Cl2NO/c1-10-7-12-3-4-13(18)8-16(12)20(11(2)21)17-9-14(19)5-6-15(10)17/h3-9H,1-2H3. The molecule has 0 saturated heterocycles. The van der Waals surface area contributed by atoms with Crippen LogP contribution < -0.4 is 4.90 Å². The number of hydrogen-bond acceptors (Lipinski definition) is 1. The van der Waals surface area contributed by atoms with Crippen molar-refractivity contribution in [1.29, 1.82) is 0 Å². The van der Waals surface area contributed by atoms with Gasteiger partial charge in [0.15, 0.2) is 0 Å². The van der Waals surface area contributed by atoms with Crippen LogP contribution in [0.2, 0.25) is 10.0 Å². The second-order valence-corrected chi connectivity index (χ2v) is 5.92. The van der Waals surface area contributed by atoms with Crippen LogP contribution in [0, 0.1) is 0 Å². The van der Waals surface area contributed by atoms with Crippen molar-refractivity contribution < 1.29 is 4.79 Å². The molecule has 2 aromatic rings. The lowest BCUT2D eigenvalue weighted by Crippen LogP contribution is -2.23. The molecule has 106 valence electrons. The highest BCUT2D eigenvalue weighted by Crippen LogP contribution is 2.41. The fourth-order valence-electron chi connectivity index (χ4n) is 2.64. The molecule has 1 aliphatic rings. The number of allylic oxidation sites excluding steroid dienone is 1. The topological polar surface area (TPSA) is 20.3 Å². The van der Waals surface area contributed by atoms with Gasteiger partial charge in [0, 0.05) is 22.5 Å². The molecule has 1 heterocycles. The smallest absolute Gasteiger partial charge is 0.228 e. The van der Waals surface area contributed by atoms with E-state index in [1.807, 2.05) is 37.3 Å². The second kappa shape index (κ2) is 5.21. The van der Waals surface area contributed by atoms with Crippen molar-refractivity contribution in [3.8, 4) is 0 Å². The van der Waals surface area contributed by atoms with E-state index in [4.69, 9.17) is 23.2 Å². The Kier molecular flexibility index (Phi) is 3.52. The van der Waals surface area contributed by atoms with Gasteiger partial charge in [-0.15, -0.1) is 0 Å². The zero-order valence-electron chi connectivity index (χ0n) is 11.7. The molecule has 0 aliphatic carbocycles. The van der Waals surface area contributed by atoms with Gasteiger partial charge in [-0.05, 0) is 48.4 Å².